The molecule has 1 amide bonds. The molecule has 0 radical (unpaired) electrons. The summed E-state index contributed by atoms with van der Waals surface area (Å²) in [6, 6.07) is 9.37. The first-order valence-corrected chi connectivity index (χ1v) is 10.1. The van der Waals surface area contributed by atoms with Crippen LogP contribution in [0.4, 0.5) is 0 Å². The van der Waals surface area contributed by atoms with E-state index < -0.39 is 0 Å². The van der Waals surface area contributed by atoms with Crippen molar-refractivity contribution in [2.75, 3.05) is 13.1 Å². The van der Waals surface area contributed by atoms with E-state index in [0.717, 1.165) is 50.6 Å². The SMILES string of the molecule is Cc1ccc(C23CC4CC(CC(C(=O)N5CC[C@@H](N)C5)(C4)C2)C3)cc1. The molecule has 5 aliphatic rings. The molecule has 1 saturated heterocycles. The van der Waals surface area contributed by atoms with E-state index in [9.17, 15) is 4.79 Å². The van der Waals surface area contributed by atoms with Crippen LogP contribution < -0.4 is 5.73 Å². The number of rotatable bonds is 2. The minimum atomic E-state index is -0.0982. The summed E-state index contributed by atoms with van der Waals surface area (Å²) in [4.78, 5) is 15.6. The fraction of sp³-hybridized carbons (Fsp3) is 0.682. The van der Waals surface area contributed by atoms with Crippen molar-refractivity contribution in [3.05, 3.63) is 35.4 Å². The van der Waals surface area contributed by atoms with Crippen LogP contribution in [0.3, 0.4) is 0 Å². The van der Waals surface area contributed by atoms with Crippen molar-refractivity contribution in [1.82, 2.24) is 4.90 Å². The number of benzene rings is 1. The summed E-state index contributed by atoms with van der Waals surface area (Å²) in [5, 5.41) is 0. The molecule has 5 fully saturated rings. The van der Waals surface area contributed by atoms with Crippen LogP contribution in [-0.2, 0) is 10.2 Å². The molecule has 3 nitrogen and oxygen atoms in total. The smallest absolute Gasteiger partial charge is 0.228 e. The number of carbonyl (C=O) groups excluding carboxylic acids is 1. The lowest BCUT2D eigenvalue weighted by Crippen LogP contribution is -2.59. The van der Waals surface area contributed by atoms with Crippen LogP contribution in [0.15, 0.2) is 24.3 Å². The van der Waals surface area contributed by atoms with Gasteiger partial charge in [-0.15, -0.1) is 0 Å². The Hall–Kier alpha value is -1.35. The second kappa shape index (κ2) is 5.33. The fourth-order valence-corrected chi connectivity index (χ4v) is 7.06. The third-order valence-electron chi connectivity index (χ3n) is 7.69. The molecule has 1 heterocycles. The zero-order valence-electron chi connectivity index (χ0n) is 15.3. The highest BCUT2D eigenvalue weighted by molar-refractivity contribution is 5.84. The maximum Gasteiger partial charge on any atom is 0.228 e. The number of carbonyl (C=O) groups is 1. The van der Waals surface area contributed by atoms with E-state index in [1.54, 1.807) is 0 Å². The van der Waals surface area contributed by atoms with E-state index in [1.807, 2.05) is 0 Å². The van der Waals surface area contributed by atoms with Crippen LogP contribution in [0.2, 0.25) is 0 Å². The Morgan fingerprint density at radius 1 is 1.12 bits per heavy atom. The summed E-state index contributed by atoms with van der Waals surface area (Å²) in [5.74, 6) is 1.91. The van der Waals surface area contributed by atoms with Gasteiger partial charge in [0, 0.05) is 19.1 Å². The third kappa shape index (κ3) is 2.38. The summed E-state index contributed by atoms with van der Waals surface area (Å²) in [7, 11) is 0. The average Bonchev–Trinajstić information content (AvgIpc) is 3.00. The van der Waals surface area contributed by atoms with Gasteiger partial charge in [-0.2, -0.15) is 0 Å². The van der Waals surface area contributed by atoms with Crippen molar-refractivity contribution < 1.29 is 4.79 Å². The Morgan fingerprint density at radius 2 is 1.80 bits per heavy atom. The predicted octanol–water partition coefficient (Wildman–Crippen LogP) is 3.39. The van der Waals surface area contributed by atoms with Gasteiger partial charge in [0.25, 0.3) is 0 Å². The second-order valence-electron chi connectivity index (χ2n) is 9.69. The lowest BCUT2D eigenvalue weighted by atomic mass is 9.42. The number of nitrogens with two attached hydrogens (primary N) is 1. The van der Waals surface area contributed by atoms with Gasteiger partial charge in [-0.25, -0.2) is 0 Å². The first-order valence-electron chi connectivity index (χ1n) is 10.1. The van der Waals surface area contributed by atoms with Crippen LogP contribution in [-0.4, -0.2) is 29.9 Å². The standard InChI is InChI=1S/C22H30N2O/c1-15-2-4-18(5-3-15)21-9-16-8-17(10-21)12-22(11-16,14-21)20(25)24-7-6-19(23)13-24/h2-5,16-17,19H,6-14,23H2,1H3/t16?,17?,19-,21?,22?/m1/s1. The number of nitrogens with zero attached hydrogens (tertiary/aromatic N) is 1. The minimum absolute atomic E-state index is 0.0982. The maximum atomic E-state index is 13.5. The molecule has 1 aromatic rings. The molecule has 0 spiro atoms. The summed E-state index contributed by atoms with van der Waals surface area (Å²) in [6.45, 7) is 3.80. The first kappa shape index (κ1) is 15.9. The normalized spacial score (nSPS) is 42.2. The Morgan fingerprint density at radius 3 is 2.40 bits per heavy atom. The molecular formula is C22H30N2O. The lowest BCUT2D eigenvalue weighted by Gasteiger charge is -2.62. The Balaban J connectivity index is 1.50. The van der Waals surface area contributed by atoms with Crippen LogP contribution in [0.25, 0.3) is 0 Å². The number of hydrogen-bond donors (Lipinski definition) is 1. The van der Waals surface area contributed by atoms with E-state index in [-0.39, 0.29) is 16.9 Å². The minimum Gasteiger partial charge on any atom is -0.341 e. The zero-order chi connectivity index (χ0) is 17.2. The molecule has 0 aromatic heterocycles. The van der Waals surface area contributed by atoms with Gasteiger partial charge in [0.15, 0.2) is 0 Å². The summed E-state index contributed by atoms with van der Waals surface area (Å²) < 4.78 is 0. The Labute approximate surface area is 151 Å². The van der Waals surface area contributed by atoms with Gasteiger partial charge in [-0.1, -0.05) is 29.8 Å². The van der Waals surface area contributed by atoms with Gasteiger partial charge in [0.05, 0.1) is 5.41 Å². The number of likely N-dealkylation sites (tertiary alicyclic amines) is 1. The van der Waals surface area contributed by atoms with E-state index >= 15 is 0 Å². The van der Waals surface area contributed by atoms with Crippen molar-refractivity contribution in [2.45, 2.75) is 63.3 Å². The monoisotopic (exact) mass is 338 g/mol. The molecule has 25 heavy (non-hydrogen) atoms. The number of amides is 1. The molecule has 1 aliphatic heterocycles. The van der Waals surface area contributed by atoms with E-state index in [4.69, 9.17) is 5.73 Å². The average molecular weight is 338 g/mol. The highest BCUT2D eigenvalue weighted by Crippen LogP contribution is 2.66. The van der Waals surface area contributed by atoms with Crippen LogP contribution in [0, 0.1) is 24.2 Å². The zero-order valence-corrected chi connectivity index (χ0v) is 15.3. The molecule has 134 valence electrons. The largest absolute Gasteiger partial charge is 0.341 e. The van der Waals surface area contributed by atoms with Crippen molar-refractivity contribution in [2.24, 2.45) is 23.0 Å². The molecule has 3 heteroatoms. The summed E-state index contributed by atoms with van der Waals surface area (Å²) in [5.41, 5.74) is 9.05. The van der Waals surface area contributed by atoms with Crippen molar-refractivity contribution in [3.63, 3.8) is 0 Å². The number of hydrogen-bond acceptors (Lipinski definition) is 2. The van der Waals surface area contributed by atoms with Crippen LogP contribution >= 0.6 is 0 Å². The molecule has 2 unspecified atom stereocenters. The highest BCUT2D eigenvalue weighted by atomic mass is 16.2. The molecule has 4 bridgehead atoms. The Kier molecular flexibility index (Phi) is 3.38. The fourth-order valence-electron chi connectivity index (χ4n) is 7.06. The predicted molar refractivity (Wildman–Crippen MR) is 99.1 cm³/mol. The van der Waals surface area contributed by atoms with Crippen molar-refractivity contribution in [3.8, 4) is 0 Å². The molecular weight excluding hydrogens is 308 g/mol. The molecule has 2 N–H and O–H groups in total. The van der Waals surface area contributed by atoms with Gasteiger partial charge in [0.2, 0.25) is 5.91 Å². The quantitative estimate of drug-likeness (QED) is 0.898. The molecule has 3 atom stereocenters. The highest BCUT2D eigenvalue weighted by Gasteiger charge is 2.61. The lowest BCUT2D eigenvalue weighted by molar-refractivity contribution is -0.159. The van der Waals surface area contributed by atoms with Crippen molar-refractivity contribution >= 4 is 5.91 Å². The molecule has 6 rings (SSSR count). The van der Waals surface area contributed by atoms with Gasteiger partial charge < -0.3 is 10.6 Å². The summed E-state index contributed by atoms with van der Waals surface area (Å²) >= 11 is 0. The molecule has 1 aromatic carbocycles. The molecule has 4 saturated carbocycles. The first-order chi connectivity index (χ1) is 12.0. The van der Waals surface area contributed by atoms with Gasteiger partial charge in [0.1, 0.15) is 0 Å². The number of aryl methyl sites for hydroxylation is 1. The van der Waals surface area contributed by atoms with Gasteiger partial charge >= 0.3 is 0 Å². The van der Waals surface area contributed by atoms with Crippen LogP contribution in [0.1, 0.15) is 56.1 Å². The van der Waals surface area contributed by atoms with Crippen LogP contribution in [0.5, 0.6) is 0 Å². The van der Waals surface area contributed by atoms with Gasteiger partial charge in [-0.3, -0.25) is 4.79 Å². The van der Waals surface area contributed by atoms with E-state index in [0.29, 0.717) is 5.91 Å². The van der Waals surface area contributed by atoms with E-state index in [2.05, 4.69) is 36.1 Å². The van der Waals surface area contributed by atoms with Gasteiger partial charge in [-0.05, 0) is 74.7 Å². The topological polar surface area (TPSA) is 46.3 Å². The second-order valence-corrected chi connectivity index (χ2v) is 9.69. The van der Waals surface area contributed by atoms with Crippen molar-refractivity contribution in [1.29, 1.82) is 0 Å². The third-order valence-corrected chi connectivity index (χ3v) is 7.69. The Bertz CT molecular complexity index is 680. The maximum absolute atomic E-state index is 13.5. The summed E-state index contributed by atoms with van der Waals surface area (Å²) in [6.07, 6.45) is 8.23. The van der Waals surface area contributed by atoms with E-state index in [1.165, 1.54) is 30.4 Å². The molecule has 4 aliphatic carbocycles.